The number of carbonyl (C=O) groups is 1. The highest BCUT2D eigenvalue weighted by Crippen LogP contribution is 2.30. The number of ether oxygens (including phenoxy) is 3. The minimum atomic E-state index is -0.314. The van der Waals surface area contributed by atoms with Gasteiger partial charge in [-0.2, -0.15) is 0 Å². The van der Waals surface area contributed by atoms with Gasteiger partial charge in [-0.15, -0.1) is 0 Å². The average Bonchev–Trinajstić information content (AvgIpc) is 2.61. The summed E-state index contributed by atoms with van der Waals surface area (Å²) in [5.41, 5.74) is 2.56. The van der Waals surface area contributed by atoms with E-state index in [4.69, 9.17) is 14.2 Å². The van der Waals surface area contributed by atoms with E-state index in [0.29, 0.717) is 22.9 Å². The quantitative estimate of drug-likeness (QED) is 0.834. The Labute approximate surface area is 148 Å². The van der Waals surface area contributed by atoms with E-state index in [-0.39, 0.29) is 12.1 Å². The number of benzene rings is 2. The Kier molecular flexibility index (Phi) is 6.11. The second kappa shape index (κ2) is 8.28. The standard InChI is InChI=1S/C19H24N2O4/c1-12-6-8-16(23-3)15(10-12)21-19(22)20-13(2)14-7-9-17(24-4)18(11-14)25-5/h6-11,13H,1-5H3,(H2,20,21,22). The number of urea groups is 1. The van der Waals surface area contributed by atoms with Gasteiger partial charge in [-0.25, -0.2) is 4.79 Å². The van der Waals surface area contributed by atoms with Crippen molar-refractivity contribution in [2.75, 3.05) is 26.6 Å². The van der Waals surface area contributed by atoms with Crippen molar-refractivity contribution in [2.45, 2.75) is 19.9 Å². The number of methoxy groups -OCH3 is 3. The summed E-state index contributed by atoms with van der Waals surface area (Å²) in [4.78, 5) is 12.3. The zero-order chi connectivity index (χ0) is 18.4. The number of aryl methyl sites for hydroxylation is 1. The maximum Gasteiger partial charge on any atom is 0.319 e. The van der Waals surface area contributed by atoms with Gasteiger partial charge in [0.1, 0.15) is 5.75 Å². The van der Waals surface area contributed by atoms with Crippen LogP contribution in [0.25, 0.3) is 0 Å². The van der Waals surface area contributed by atoms with Crippen LogP contribution < -0.4 is 24.8 Å². The van der Waals surface area contributed by atoms with E-state index in [1.54, 1.807) is 21.3 Å². The highest BCUT2D eigenvalue weighted by Gasteiger charge is 2.14. The van der Waals surface area contributed by atoms with Gasteiger partial charge in [0, 0.05) is 0 Å². The molecule has 2 aromatic rings. The largest absolute Gasteiger partial charge is 0.495 e. The van der Waals surface area contributed by atoms with E-state index < -0.39 is 0 Å². The van der Waals surface area contributed by atoms with Crippen LogP contribution in [0.5, 0.6) is 17.2 Å². The molecule has 0 aromatic heterocycles. The number of carbonyl (C=O) groups excluding carboxylic acids is 1. The molecule has 0 aliphatic heterocycles. The number of amides is 2. The molecule has 2 N–H and O–H groups in total. The Bertz CT molecular complexity index is 746. The van der Waals surface area contributed by atoms with Crippen LogP contribution in [0.4, 0.5) is 10.5 Å². The maximum atomic E-state index is 12.3. The summed E-state index contributed by atoms with van der Waals surface area (Å²) >= 11 is 0. The van der Waals surface area contributed by atoms with Crippen molar-refractivity contribution in [1.29, 1.82) is 0 Å². The zero-order valence-electron chi connectivity index (χ0n) is 15.2. The predicted molar refractivity (Wildman–Crippen MR) is 97.8 cm³/mol. The molecular weight excluding hydrogens is 320 g/mol. The van der Waals surface area contributed by atoms with E-state index in [1.165, 1.54) is 0 Å². The molecule has 1 unspecified atom stereocenters. The third-order valence-electron chi connectivity index (χ3n) is 3.86. The van der Waals surface area contributed by atoms with Crippen LogP contribution in [-0.4, -0.2) is 27.4 Å². The van der Waals surface area contributed by atoms with Gasteiger partial charge in [0.05, 0.1) is 33.1 Å². The molecule has 2 amide bonds. The minimum absolute atomic E-state index is 0.212. The van der Waals surface area contributed by atoms with Gasteiger partial charge in [0.15, 0.2) is 11.5 Å². The molecule has 6 nitrogen and oxygen atoms in total. The van der Waals surface area contributed by atoms with Crippen LogP contribution in [0.3, 0.4) is 0 Å². The van der Waals surface area contributed by atoms with Crippen molar-refractivity contribution >= 4 is 11.7 Å². The van der Waals surface area contributed by atoms with Crippen molar-refractivity contribution in [3.05, 3.63) is 47.5 Å². The molecule has 0 bridgehead atoms. The Hall–Kier alpha value is -2.89. The second-order valence-corrected chi connectivity index (χ2v) is 5.64. The SMILES string of the molecule is COc1ccc(C)cc1NC(=O)NC(C)c1ccc(OC)c(OC)c1. The van der Waals surface area contributed by atoms with Gasteiger partial charge >= 0.3 is 6.03 Å². The lowest BCUT2D eigenvalue weighted by atomic mass is 10.1. The van der Waals surface area contributed by atoms with Gasteiger partial charge in [-0.05, 0) is 49.2 Å². The Morgan fingerprint density at radius 1 is 0.920 bits per heavy atom. The molecule has 2 rings (SSSR count). The molecule has 134 valence electrons. The lowest BCUT2D eigenvalue weighted by Crippen LogP contribution is -2.31. The first-order valence-electron chi connectivity index (χ1n) is 7.92. The summed E-state index contributed by atoms with van der Waals surface area (Å²) in [6.07, 6.45) is 0. The Morgan fingerprint density at radius 3 is 2.20 bits per heavy atom. The summed E-state index contributed by atoms with van der Waals surface area (Å²) in [7, 11) is 4.73. The maximum absolute atomic E-state index is 12.3. The number of anilines is 1. The fourth-order valence-corrected chi connectivity index (χ4v) is 2.48. The van der Waals surface area contributed by atoms with Gasteiger partial charge in [0.2, 0.25) is 0 Å². The summed E-state index contributed by atoms with van der Waals surface area (Å²) < 4.78 is 15.8. The van der Waals surface area contributed by atoms with E-state index in [1.807, 2.05) is 50.2 Å². The third kappa shape index (κ3) is 4.56. The molecule has 0 fully saturated rings. The lowest BCUT2D eigenvalue weighted by molar-refractivity contribution is 0.249. The van der Waals surface area contributed by atoms with Crippen LogP contribution >= 0.6 is 0 Å². The van der Waals surface area contributed by atoms with Crippen LogP contribution in [-0.2, 0) is 0 Å². The molecule has 25 heavy (non-hydrogen) atoms. The molecule has 0 aliphatic rings. The highest BCUT2D eigenvalue weighted by atomic mass is 16.5. The highest BCUT2D eigenvalue weighted by molar-refractivity contribution is 5.91. The third-order valence-corrected chi connectivity index (χ3v) is 3.86. The molecular formula is C19H24N2O4. The summed E-state index contributed by atoms with van der Waals surface area (Å²) in [5.74, 6) is 1.88. The van der Waals surface area contributed by atoms with E-state index in [9.17, 15) is 4.79 Å². The fraction of sp³-hybridized carbons (Fsp3) is 0.316. The summed E-state index contributed by atoms with van der Waals surface area (Å²) in [6.45, 7) is 3.85. The van der Waals surface area contributed by atoms with Crippen LogP contribution in [0.1, 0.15) is 24.1 Å². The monoisotopic (exact) mass is 344 g/mol. The van der Waals surface area contributed by atoms with E-state index in [0.717, 1.165) is 11.1 Å². The van der Waals surface area contributed by atoms with Crippen molar-refractivity contribution in [1.82, 2.24) is 5.32 Å². The zero-order valence-corrected chi connectivity index (χ0v) is 15.2. The van der Waals surface area contributed by atoms with Crippen molar-refractivity contribution in [3.8, 4) is 17.2 Å². The first-order chi connectivity index (χ1) is 12.0. The lowest BCUT2D eigenvalue weighted by Gasteiger charge is -2.18. The van der Waals surface area contributed by atoms with E-state index >= 15 is 0 Å². The molecule has 6 heteroatoms. The van der Waals surface area contributed by atoms with Crippen molar-refractivity contribution in [3.63, 3.8) is 0 Å². The smallest absolute Gasteiger partial charge is 0.319 e. The summed E-state index contributed by atoms with van der Waals surface area (Å²) in [6, 6.07) is 10.6. The normalized spacial score (nSPS) is 11.4. The van der Waals surface area contributed by atoms with Gasteiger partial charge in [-0.1, -0.05) is 12.1 Å². The fourth-order valence-electron chi connectivity index (χ4n) is 2.48. The van der Waals surface area contributed by atoms with Crippen molar-refractivity contribution in [2.24, 2.45) is 0 Å². The average molecular weight is 344 g/mol. The van der Waals surface area contributed by atoms with Gasteiger partial charge in [0.25, 0.3) is 0 Å². The number of hydrogen-bond donors (Lipinski definition) is 2. The Morgan fingerprint density at radius 2 is 1.56 bits per heavy atom. The molecule has 1 atom stereocenters. The minimum Gasteiger partial charge on any atom is -0.495 e. The number of hydrogen-bond acceptors (Lipinski definition) is 4. The molecule has 0 aliphatic carbocycles. The summed E-state index contributed by atoms with van der Waals surface area (Å²) in [5, 5.41) is 5.73. The molecule has 0 saturated heterocycles. The number of rotatable bonds is 6. The van der Waals surface area contributed by atoms with Gasteiger partial charge < -0.3 is 24.8 Å². The molecule has 0 saturated carbocycles. The predicted octanol–water partition coefficient (Wildman–Crippen LogP) is 3.90. The topological polar surface area (TPSA) is 68.8 Å². The van der Waals surface area contributed by atoms with E-state index in [2.05, 4.69) is 10.6 Å². The first kappa shape index (κ1) is 18.4. The molecule has 0 radical (unpaired) electrons. The first-order valence-corrected chi connectivity index (χ1v) is 7.92. The molecule has 2 aromatic carbocycles. The van der Waals surface area contributed by atoms with Crippen LogP contribution in [0.15, 0.2) is 36.4 Å². The number of nitrogens with one attached hydrogen (secondary N) is 2. The van der Waals surface area contributed by atoms with Crippen molar-refractivity contribution < 1.29 is 19.0 Å². The van der Waals surface area contributed by atoms with Gasteiger partial charge in [-0.3, -0.25) is 0 Å². The Balaban J connectivity index is 2.09. The van der Waals surface area contributed by atoms with Crippen LogP contribution in [0, 0.1) is 6.92 Å². The molecule has 0 heterocycles. The second-order valence-electron chi connectivity index (χ2n) is 5.64. The molecule has 0 spiro atoms. The van der Waals surface area contributed by atoms with Crippen LogP contribution in [0.2, 0.25) is 0 Å².